The quantitative estimate of drug-likeness (QED) is 0.436. The van der Waals surface area contributed by atoms with Crippen LogP contribution in [0.2, 0.25) is 0 Å². The van der Waals surface area contributed by atoms with Crippen molar-refractivity contribution in [3.05, 3.63) is 53.7 Å². The van der Waals surface area contributed by atoms with Crippen LogP contribution < -0.4 is 20.3 Å². The van der Waals surface area contributed by atoms with E-state index in [1.807, 2.05) is 18.2 Å². The summed E-state index contributed by atoms with van der Waals surface area (Å²) in [4.78, 5) is 15.6. The Morgan fingerprint density at radius 1 is 1.09 bits per heavy atom. The molecular formula is C26H24F2N6O. The smallest absolute Gasteiger partial charge is 0.318 e. The third-order valence-corrected chi connectivity index (χ3v) is 7.36. The number of halogens is 2. The minimum Gasteiger partial charge on any atom is -0.467 e. The second-order valence-corrected chi connectivity index (χ2v) is 9.63. The Balaban J connectivity index is 1.44. The first kappa shape index (κ1) is 20.9. The zero-order valence-electron chi connectivity index (χ0n) is 19.2. The molecule has 178 valence electrons. The van der Waals surface area contributed by atoms with E-state index in [2.05, 4.69) is 30.5 Å². The standard InChI is InChI=1S/C26H24F2N6O/c1-35-26-32-24-18(25(33-26)34-11-15-5-6-16(12-34)31-15)9-30-23(22(24)28)17-8-14(20-10-29-20)7-13-3-2-4-19(27)21(13)17/h2-4,7-9,15-16,20,29,31H,5-6,10-12H2,1H3. The summed E-state index contributed by atoms with van der Waals surface area (Å²) in [5, 5.41) is 8.46. The number of piperazine rings is 1. The van der Waals surface area contributed by atoms with E-state index in [0.717, 1.165) is 38.0 Å². The van der Waals surface area contributed by atoms with Crippen LogP contribution >= 0.6 is 0 Å². The lowest BCUT2D eigenvalue weighted by molar-refractivity contribution is 0.380. The van der Waals surface area contributed by atoms with E-state index in [9.17, 15) is 0 Å². The summed E-state index contributed by atoms with van der Waals surface area (Å²) < 4.78 is 36.6. The lowest BCUT2D eigenvalue weighted by Gasteiger charge is -2.34. The maximum absolute atomic E-state index is 16.2. The summed E-state index contributed by atoms with van der Waals surface area (Å²) in [5.41, 5.74) is 1.60. The third kappa shape index (κ3) is 3.41. The Morgan fingerprint density at radius 2 is 1.89 bits per heavy atom. The van der Waals surface area contributed by atoms with Crippen molar-refractivity contribution in [3.8, 4) is 17.3 Å². The van der Waals surface area contributed by atoms with Crippen molar-refractivity contribution in [2.45, 2.75) is 31.0 Å². The highest BCUT2D eigenvalue weighted by atomic mass is 19.1. The highest BCUT2D eigenvalue weighted by Crippen LogP contribution is 2.39. The first-order valence-corrected chi connectivity index (χ1v) is 12.0. The number of nitrogens with one attached hydrogen (secondary N) is 2. The molecule has 35 heavy (non-hydrogen) atoms. The minimum absolute atomic E-state index is 0.0715. The van der Waals surface area contributed by atoms with Crippen LogP contribution in [0, 0.1) is 11.6 Å². The Hall–Kier alpha value is -3.43. The fourth-order valence-corrected chi connectivity index (χ4v) is 5.60. The van der Waals surface area contributed by atoms with Crippen LogP contribution in [0.5, 0.6) is 6.01 Å². The van der Waals surface area contributed by atoms with Crippen LogP contribution in [-0.4, -0.2) is 53.8 Å². The molecular weight excluding hydrogens is 450 g/mol. The number of hydrogen-bond donors (Lipinski definition) is 2. The average molecular weight is 475 g/mol. The van der Waals surface area contributed by atoms with Gasteiger partial charge < -0.3 is 20.3 Å². The molecule has 2 N–H and O–H groups in total. The molecule has 9 heteroatoms. The summed E-state index contributed by atoms with van der Waals surface area (Å²) in [6.45, 7) is 2.40. The number of nitrogens with zero attached hydrogens (tertiary/aromatic N) is 4. The maximum Gasteiger partial charge on any atom is 0.318 e. The molecule has 0 spiro atoms. The predicted octanol–water partition coefficient (Wildman–Crippen LogP) is 3.72. The number of benzene rings is 2. The normalized spacial score (nSPS) is 23.3. The molecule has 3 saturated heterocycles. The Bertz CT molecular complexity index is 1480. The molecule has 3 atom stereocenters. The topological polar surface area (TPSA) is 85.1 Å². The molecule has 3 aliphatic rings. The fourth-order valence-electron chi connectivity index (χ4n) is 5.60. The van der Waals surface area contributed by atoms with E-state index in [-0.39, 0.29) is 23.3 Å². The molecule has 5 heterocycles. The Kier molecular flexibility index (Phi) is 4.65. The molecule has 0 amide bonds. The molecule has 7 nitrogen and oxygen atoms in total. The maximum atomic E-state index is 16.2. The molecule has 0 saturated carbocycles. The summed E-state index contributed by atoms with van der Waals surface area (Å²) in [5.74, 6) is -0.394. The summed E-state index contributed by atoms with van der Waals surface area (Å²) >= 11 is 0. The van der Waals surface area contributed by atoms with E-state index in [1.54, 1.807) is 12.3 Å². The van der Waals surface area contributed by atoms with Crippen LogP contribution in [0.1, 0.15) is 24.4 Å². The van der Waals surface area contributed by atoms with Gasteiger partial charge in [-0.25, -0.2) is 8.78 Å². The van der Waals surface area contributed by atoms with Crippen molar-refractivity contribution in [1.82, 2.24) is 25.6 Å². The van der Waals surface area contributed by atoms with Gasteiger partial charge in [-0.05, 0) is 42.0 Å². The van der Waals surface area contributed by atoms with E-state index in [0.29, 0.717) is 39.6 Å². The van der Waals surface area contributed by atoms with Crippen LogP contribution in [-0.2, 0) is 0 Å². The van der Waals surface area contributed by atoms with Gasteiger partial charge in [-0.15, -0.1) is 0 Å². The number of hydrogen-bond acceptors (Lipinski definition) is 7. The SMILES string of the molecule is COc1nc(N2CC3CCC(C2)N3)c2cnc(-c3cc(C4CN4)cc4cccc(F)c34)c(F)c2n1. The summed E-state index contributed by atoms with van der Waals surface area (Å²) in [7, 11) is 1.47. The molecule has 2 aromatic carbocycles. The average Bonchev–Trinajstić information content (AvgIpc) is 3.67. The molecule has 4 aromatic rings. The zero-order valence-corrected chi connectivity index (χ0v) is 19.2. The first-order chi connectivity index (χ1) is 17.1. The number of rotatable bonds is 4. The molecule has 2 bridgehead atoms. The zero-order chi connectivity index (χ0) is 23.7. The molecule has 3 fully saturated rings. The summed E-state index contributed by atoms with van der Waals surface area (Å²) in [6, 6.07) is 9.74. The van der Waals surface area contributed by atoms with E-state index in [4.69, 9.17) is 4.74 Å². The fraction of sp³-hybridized carbons (Fsp3) is 0.346. The Morgan fingerprint density at radius 3 is 2.63 bits per heavy atom. The van der Waals surface area contributed by atoms with E-state index >= 15 is 8.78 Å². The molecule has 3 unspecified atom stereocenters. The van der Waals surface area contributed by atoms with Gasteiger partial charge in [-0.3, -0.25) is 4.98 Å². The van der Waals surface area contributed by atoms with Gasteiger partial charge in [0, 0.05) is 54.9 Å². The van der Waals surface area contributed by atoms with Gasteiger partial charge in [0.1, 0.15) is 22.8 Å². The highest BCUT2D eigenvalue weighted by Gasteiger charge is 2.34. The van der Waals surface area contributed by atoms with Gasteiger partial charge in [0.25, 0.3) is 0 Å². The monoisotopic (exact) mass is 474 g/mol. The lowest BCUT2D eigenvalue weighted by Crippen LogP contribution is -2.51. The number of pyridine rings is 1. The van der Waals surface area contributed by atoms with Crippen LogP contribution in [0.25, 0.3) is 32.9 Å². The minimum atomic E-state index is -0.604. The predicted molar refractivity (Wildman–Crippen MR) is 130 cm³/mol. The number of anilines is 1. The second kappa shape index (κ2) is 7.79. The Labute approximate surface area is 200 Å². The largest absolute Gasteiger partial charge is 0.467 e. The van der Waals surface area contributed by atoms with Crippen molar-refractivity contribution < 1.29 is 13.5 Å². The van der Waals surface area contributed by atoms with Crippen molar-refractivity contribution in [2.24, 2.45) is 0 Å². The van der Waals surface area contributed by atoms with Gasteiger partial charge in [-0.1, -0.05) is 12.1 Å². The first-order valence-electron chi connectivity index (χ1n) is 12.0. The van der Waals surface area contributed by atoms with Crippen LogP contribution in [0.3, 0.4) is 0 Å². The van der Waals surface area contributed by atoms with E-state index < -0.39 is 11.6 Å². The number of fused-ring (bicyclic) bond motifs is 4. The number of methoxy groups -OCH3 is 1. The van der Waals surface area contributed by atoms with Gasteiger partial charge in [-0.2, -0.15) is 9.97 Å². The third-order valence-electron chi connectivity index (χ3n) is 7.36. The lowest BCUT2D eigenvalue weighted by atomic mass is 9.96. The van der Waals surface area contributed by atoms with E-state index in [1.165, 1.54) is 13.2 Å². The summed E-state index contributed by atoms with van der Waals surface area (Å²) in [6.07, 6.45) is 3.84. The van der Waals surface area contributed by atoms with Gasteiger partial charge in [0.05, 0.1) is 12.5 Å². The van der Waals surface area contributed by atoms with Crippen LogP contribution in [0.15, 0.2) is 36.5 Å². The molecule has 2 aromatic heterocycles. The number of ether oxygens (including phenoxy) is 1. The van der Waals surface area contributed by atoms with Gasteiger partial charge in [0.15, 0.2) is 5.82 Å². The van der Waals surface area contributed by atoms with Crippen molar-refractivity contribution in [2.75, 3.05) is 31.6 Å². The van der Waals surface area contributed by atoms with Gasteiger partial charge in [0.2, 0.25) is 0 Å². The molecule has 0 radical (unpaired) electrons. The van der Waals surface area contributed by atoms with Crippen LogP contribution in [0.4, 0.5) is 14.6 Å². The second-order valence-electron chi connectivity index (χ2n) is 9.63. The van der Waals surface area contributed by atoms with Crippen molar-refractivity contribution >= 4 is 27.5 Å². The number of aromatic nitrogens is 3. The molecule has 7 rings (SSSR count). The van der Waals surface area contributed by atoms with Crippen molar-refractivity contribution in [3.63, 3.8) is 0 Å². The highest BCUT2D eigenvalue weighted by molar-refractivity contribution is 6.00. The molecule has 3 aliphatic heterocycles. The van der Waals surface area contributed by atoms with Gasteiger partial charge >= 0.3 is 6.01 Å². The molecule has 0 aliphatic carbocycles. The van der Waals surface area contributed by atoms with Crippen molar-refractivity contribution in [1.29, 1.82) is 0 Å².